The van der Waals surface area contributed by atoms with E-state index >= 15 is 0 Å². The Bertz CT molecular complexity index is 756. The van der Waals surface area contributed by atoms with Crippen LogP contribution < -0.4 is 0 Å². The van der Waals surface area contributed by atoms with Crippen molar-refractivity contribution < 1.29 is 13.2 Å². The van der Waals surface area contributed by atoms with Gasteiger partial charge >= 0.3 is 0 Å². The van der Waals surface area contributed by atoms with E-state index in [1.54, 1.807) is 11.8 Å². The van der Waals surface area contributed by atoms with Gasteiger partial charge in [0.1, 0.15) is 0 Å². The summed E-state index contributed by atoms with van der Waals surface area (Å²) in [6.07, 6.45) is 5.09. The number of rotatable bonds is 3. The molecule has 130 valence electrons. The van der Waals surface area contributed by atoms with Crippen LogP contribution in [0.2, 0.25) is 5.02 Å². The molecule has 24 heavy (non-hydrogen) atoms. The quantitative estimate of drug-likeness (QED) is 0.794. The third-order valence-electron chi connectivity index (χ3n) is 4.32. The smallest absolute Gasteiger partial charge is 0.284 e. The molecule has 5 nitrogen and oxygen atoms in total. The number of benzene rings is 1. The first-order valence-electron chi connectivity index (χ1n) is 7.99. The second-order valence-corrected chi connectivity index (χ2v) is 9.41. The Morgan fingerprint density at radius 2 is 1.79 bits per heavy atom. The minimum absolute atomic E-state index is 0.0445. The topological polar surface area (TPSA) is 66.8 Å². The van der Waals surface area contributed by atoms with Crippen molar-refractivity contribution in [2.45, 2.75) is 55.2 Å². The number of nitrogens with zero attached hydrogens (tertiary/aromatic N) is 2. The van der Waals surface area contributed by atoms with Crippen LogP contribution in [-0.4, -0.2) is 35.7 Å². The normalized spacial score (nSPS) is 24.8. The van der Waals surface area contributed by atoms with Crippen LogP contribution in [0.1, 0.15) is 39.0 Å². The summed E-state index contributed by atoms with van der Waals surface area (Å²) >= 11 is 7.03. The summed E-state index contributed by atoms with van der Waals surface area (Å²) in [6, 6.07) is 5.95. The van der Waals surface area contributed by atoms with E-state index in [0.717, 1.165) is 32.1 Å². The van der Waals surface area contributed by atoms with Crippen molar-refractivity contribution in [1.29, 1.82) is 0 Å². The lowest BCUT2D eigenvalue weighted by Crippen LogP contribution is -2.42. The van der Waals surface area contributed by atoms with E-state index in [-0.39, 0.29) is 22.1 Å². The highest BCUT2D eigenvalue weighted by Gasteiger charge is 2.40. The predicted octanol–water partition coefficient (Wildman–Crippen LogP) is 3.68. The van der Waals surface area contributed by atoms with E-state index in [1.165, 1.54) is 36.0 Å². The molecule has 1 amide bonds. The van der Waals surface area contributed by atoms with E-state index in [4.69, 9.17) is 11.6 Å². The summed E-state index contributed by atoms with van der Waals surface area (Å²) in [4.78, 5) is 14.2. The second-order valence-electron chi connectivity index (χ2n) is 6.06. The number of amides is 1. The Morgan fingerprint density at radius 3 is 2.42 bits per heavy atom. The Kier molecular flexibility index (Phi) is 5.22. The first kappa shape index (κ1) is 17.8. The van der Waals surface area contributed by atoms with Gasteiger partial charge in [0.25, 0.3) is 10.0 Å². The second kappa shape index (κ2) is 7.06. The number of carbonyl (C=O) groups excluding carboxylic acids is 1. The number of sulfonamides is 1. The van der Waals surface area contributed by atoms with E-state index < -0.39 is 10.0 Å². The molecule has 1 aromatic rings. The minimum atomic E-state index is -3.86. The molecular formula is C16H19ClN2O3S2. The van der Waals surface area contributed by atoms with Crippen LogP contribution in [0.3, 0.4) is 0 Å². The Morgan fingerprint density at radius 1 is 1.17 bits per heavy atom. The maximum absolute atomic E-state index is 12.6. The van der Waals surface area contributed by atoms with Gasteiger partial charge in [0.2, 0.25) is 5.91 Å². The molecule has 1 atom stereocenters. The van der Waals surface area contributed by atoms with Crippen molar-refractivity contribution in [2.24, 2.45) is 4.40 Å². The van der Waals surface area contributed by atoms with Crippen LogP contribution >= 0.6 is 23.4 Å². The van der Waals surface area contributed by atoms with Crippen molar-refractivity contribution in [2.75, 3.05) is 0 Å². The Balaban J connectivity index is 1.93. The fourth-order valence-corrected chi connectivity index (χ4v) is 5.41. The summed E-state index contributed by atoms with van der Waals surface area (Å²) in [5.74, 6) is -0.0445. The van der Waals surface area contributed by atoms with Crippen molar-refractivity contribution in [3.8, 4) is 0 Å². The van der Waals surface area contributed by atoms with Gasteiger partial charge in [-0.3, -0.25) is 9.69 Å². The molecule has 0 radical (unpaired) electrons. The fraction of sp³-hybridized carbons (Fsp3) is 0.500. The van der Waals surface area contributed by atoms with Crippen molar-refractivity contribution in [1.82, 2.24) is 4.90 Å². The zero-order valence-electron chi connectivity index (χ0n) is 13.3. The van der Waals surface area contributed by atoms with Gasteiger partial charge < -0.3 is 0 Å². The van der Waals surface area contributed by atoms with Gasteiger partial charge in [-0.2, -0.15) is 8.42 Å². The van der Waals surface area contributed by atoms with Crippen LogP contribution in [0, 0.1) is 0 Å². The summed E-state index contributed by atoms with van der Waals surface area (Å²) in [5.41, 5.74) is 0. The number of hydrogen-bond donors (Lipinski definition) is 0. The molecule has 3 rings (SSSR count). The standard InChI is InChI=1S/C16H19ClN2O3S2/c1-11-15(20)19(13-5-3-2-4-6-13)16(23-11)18-24(21,22)14-9-7-12(17)8-10-14/h7-11,13H,2-6H2,1H3/t11-/m0/s1. The highest BCUT2D eigenvalue weighted by Crippen LogP contribution is 2.34. The van der Waals surface area contributed by atoms with Gasteiger partial charge in [-0.25, -0.2) is 0 Å². The van der Waals surface area contributed by atoms with E-state index in [0.29, 0.717) is 10.2 Å². The molecule has 1 saturated carbocycles. The maximum atomic E-state index is 12.6. The molecule has 8 heteroatoms. The molecule has 0 bridgehead atoms. The Hall–Kier alpha value is -1.05. The zero-order chi connectivity index (χ0) is 17.3. The van der Waals surface area contributed by atoms with Gasteiger partial charge in [0.15, 0.2) is 5.17 Å². The lowest BCUT2D eigenvalue weighted by Gasteiger charge is -2.30. The predicted molar refractivity (Wildman–Crippen MR) is 96.8 cm³/mol. The third kappa shape index (κ3) is 3.63. The average Bonchev–Trinajstić information content (AvgIpc) is 2.82. The molecule has 1 aromatic carbocycles. The van der Waals surface area contributed by atoms with Gasteiger partial charge in [0, 0.05) is 11.1 Å². The minimum Gasteiger partial charge on any atom is -0.287 e. The SMILES string of the molecule is C[C@@H]1SC(=NS(=O)(=O)c2ccc(Cl)cc2)N(C2CCCCC2)C1=O. The van der Waals surface area contributed by atoms with E-state index in [1.807, 2.05) is 0 Å². The number of thioether (sulfide) groups is 1. The molecule has 2 fully saturated rings. The van der Waals surface area contributed by atoms with Crippen LogP contribution in [0.25, 0.3) is 0 Å². The molecule has 0 N–H and O–H groups in total. The number of hydrogen-bond acceptors (Lipinski definition) is 4. The molecule has 2 aliphatic rings. The largest absolute Gasteiger partial charge is 0.287 e. The zero-order valence-corrected chi connectivity index (χ0v) is 15.7. The van der Waals surface area contributed by atoms with E-state index in [9.17, 15) is 13.2 Å². The lowest BCUT2D eigenvalue weighted by molar-refractivity contribution is -0.127. The monoisotopic (exact) mass is 386 g/mol. The maximum Gasteiger partial charge on any atom is 0.284 e. The molecule has 1 aliphatic heterocycles. The number of amidine groups is 1. The number of halogens is 1. The average molecular weight is 387 g/mol. The molecular weight excluding hydrogens is 368 g/mol. The molecule has 1 heterocycles. The van der Waals surface area contributed by atoms with Crippen molar-refractivity contribution >= 4 is 44.5 Å². The third-order valence-corrected chi connectivity index (χ3v) is 7.03. The highest BCUT2D eigenvalue weighted by atomic mass is 35.5. The van der Waals surface area contributed by atoms with Gasteiger partial charge in [-0.1, -0.05) is 42.6 Å². The molecule has 0 unspecified atom stereocenters. The van der Waals surface area contributed by atoms with Gasteiger partial charge in [-0.15, -0.1) is 4.40 Å². The first-order chi connectivity index (χ1) is 11.4. The van der Waals surface area contributed by atoms with E-state index in [2.05, 4.69) is 4.40 Å². The van der Waals surface area contributed by atoms with Crippen molar-refractivity contribution in [3.63, 3.8) is 0 Å². The fourth-order valence-electron chi connectivity index (χ4n) is 3.06. The number of carbonyl (C=O) groups is 1. The van der Waals surface area contributed by atoms with Crippen LogP contribution in [0.4, 0.5) is 0 Å². The molecule has 0 aromatic heterocycles. The van der Waals surface area contributed by atoms with Crippen molar-refractivity contribution in [3.05, 3.63) is 29.3 Å². The van der Waals surface area contributed by atoms with Gasteiger partial charge in [-0.05, 0) is 44.0 Å². The Labute approximate surface area is 151 Å². The molecule has 0 spiro atoms. The van der Waals surface area contributed by atoms with Gasteiger partial charge in [0.05, 0.1) is 10.1 Å². The summed E-state index contributed by atoms with van der Waals surface area (Å²) in [6.45, 7) is 1.79. The highest BCUT2D eigenvalue weighted by molar-refractivity contribution is 8.16. The van der Waals surface area contributed by atoms with Crippen LogP contribution in [0.5, 0.6) is 0 Å². The lowest BCUT2D eigenvalue weighted by atomic mass is 9.94. The summed E-state index contributed by atoms with van der Waals surface area (Å²) in [7, 11) is -3.86. The summed E-state index contributed by atoms with van der Waals surface area (Å²) in [5, 5.41) is 0.463. The first-order valence-corrected chi connectivity index (χ1v) is 10.7. The molecule has 1 aliphatic carbocycles. The van der Waals surface area contributed by atoms with Crippen LogP contribution in [0.15, 0.2) is 33.6 Å². The molecule has 1 saturated heterocycles. The van der Waals surface area contributed by atoms with Crippen LogP contribution in [-0.2, 0) is 14.8 Å². The summed E-state index contributed by atoms with van der Waals surface area (Å²) < 4.78 is 29.1.